The largest absolute Gasteiger partial charge is 0.483 e. The van der Waals surface area contributed by atoms with Crippen LogP contribution in [0.2, 0.25) is 0 Å². The fourth-order valence-corrected chi connectivity index (χ4v) is 9.10. The molecule has 2 saturated heterocycles. The van der Waals surface area contributed by atoms with Crippen LogP contribution >= 0.6 is 0 Å². The lowest BCUT2D eigenvalue weighted by Crippen LogP contribution is -2.57. The quantitative estimate of drug-likeness (QED) is 0.292. The predicted molar refractivity (Wildman–Crippen MR) is 170 cm³/mol. The summed E-state index contributed by atoms with van der Waals surface area (Å²) in [6.07, 6.45) is -0.865. The summed E-state index contributed by atoms with van der Waals surface area (Å²) in [7, 11) is 0. The molecule has 1 aromatic heterocycles. The van der Waals surface area contributed by atoms with Gasteiger partial charge in [-0.05, 0) is 71.9 Å². The van der Waals surface area contributed by atoms with Crippen molar-refractivity contribution >= 4 is 34.8 Å². The summed E-state index contributed by atoms with van der Waals surface area (Å²) in [5.74, 6) is -1.81. The van der Waals surface area contributed by atoms with E-state index in [1.165, 1.54) is 6.07 Å². The van der Waals surface area contributed by atoms with Crippen LogP contribution in [0.4, 0.5) is 0 Å². The molecule has 5 aliphatic rings. The molecule has 258 valence electrons. The fraction of sp³-hybridized carbons (Fsp3) is 0.649. The van der Waals surface area contributed by atoms with Crippen molar-refractivity contribution in [1.29, 1.82) is 0 Å². The number of hydrogen-bond acceptors (Lipinski definition) is 11. The molecule has 2 saturated carbocycles. The number of carbonyl (C=O) groups is 4. The first kappa shape index (κ1) is 32.6. The second-order valence-electron chi connectivity index (χ2n) is 16.4. The molecule has 6 atom stereocenters. The van der Waals surface area contributed by atoms with Crippen molar-refractivity contribution in [3.63, 3.8) is 0 Å². The lowest BCUT2D eigenvalue weighted by molar-refractivity contribution is -0.217. The van der Waals surface area contributed by atoms with E-state index in [-0.39, 0.29) is 34.8 Å². The van der Waals surface area contributed by atoms with Crippen molar-refractivity contribution in [3.05, 3.63) is 39.2 Å². The summed E-state index contributed by atoms with van der Waals surface area (Å²) in [5, 5.41) is 0.274. The third-order valence-corrected chi connectivity index (χ3v) is 13.5. The third kappa shape index (κ3) is 3.57. The lowest BCUT2D eigenvalue weighted by atomic mass is 9.66. The number of benzene rings is 1. The topological polar surface area (TPSA) is 145 Å². The summed E-state index contributed by atoms with van der Waals surface area (Å²) in [6.45, 7) is 17.9. The Labute approximate surface area is 278 Å². The summed E-state index contributed by atoms with van der Waals surface area (Å²) >= 11 is 0. The third-order valence-electron chi connectivity index (χ3n) is 13.5. The Morgan fingerprint density at radius 2 is 1.29 bits per heavy atom. The summed E-state index contributed by atoms with van der Waals surface area (Å²) in [6, 6.07) is 3.12. The van der Waals surface area contributed by atoms with E-state index in [4.69, 9.17) is 28.1 Å². The molecule has 0 N–H and O–H groups in total. The van der Waals surface area contributed by atoms with Gasteiger partial charge in [-0.3, -0.25) is 14.4 Å². The number of ether oxygens (including phenoxy) is 5. The monoisotopic (exact) mass is 664 g/mol. The van der Waals surface area contributed by atoms with E-state index in [9.17, 15) is 24.0 Å². The molecule has 0 radical (unpaired) electrons. The molecule has 11 heteroatoms. The van der Waals surface area contributed by atoms with Gasteiger partial charge in [-0.2, -0.15) is 0 Å². The molecular weight excluding hydrogens is 620 g/mol. The van der Waals surface area contributed by atoms with E-state index >= 15 is 0 Å². The Morgan fingerprint density at radius 1 is 0.771 bits per heavy atom. The van der Waals surface area contributed by atoms with Crippen LogP contribution in [-0.4, -0.2) is 46.8 Å². The second-order valence-corrected chi connectivity index (χ2v) is 16.4. The summed E-state index contributed by atoms with van der Waals surface area (Å²) < 4.78 is 37.4. The molecule has 4 heterocycles. The van der Waals surface area contributed by atoms with Gasteiger partial charge in [0.15, 0.2) is 17.6 Å². The van der Waals surface area contributed by atoms with Crippen molar-refractivity contribution in [2.45, 2.75) is 130 Å². The number of carbonyl (C=O) groups excluding carboxylic acids is 4. The number of hydrogen-bond donors (Lipinski definition) is 0. The van der Waals surface area contributed by atoms with Crippen LogP contribution in [0.15, 0.2) is 21.3 Å². The highest BCUT2D eigenvalue weighted by molar-refractivity contribution is 5.95. The van der Waals surface area contributed by atoms with Gasteiger partial charge >= 0.3 is 23.9 Å². The van der Waals surface area contributed by atoms with Crippen LogP contribution in [0, 0.1) is 28.6 Å². The highest BCUT2D eigenvalue weighted by Crippen LogP contribution is 2.67. The zero-order valence-electron chi connectivity index (χ0n) is 29.3. The van der Waals surface area contributed by atoms with Gasteiger partial charge in [0.25, 0.3) is 0 Å². The van der Waals surface area contributed by atoms with Gasteiger partial charge in [0, 0.05) is 23.3 Å². The van der Waals surface area contributed by atoms with Gasteiger partial charge < -0.3 is 28.1 Å². The molecule has 0 amide bonds. The Morgan fingerprint density at radius 3 is 1.75 bits per heavy atom. The molecule has 3 aliphatic heterocycles. The Balaban J connectivity index is 1.40. The fourth-order valence-electron chi connectivity index (χ4n) is 9.10. The molecule has 4 bridgehead atoms. The zero-order chi connectivity index (χ0) is 35.2. The van der Waals surface area contributed by atoms with Crippen molar-refractivity contribution in [1.82, 2.24) is 0 Å². The standard InChI is InChI=1S/C37H44O11/c1-11-19-17-20(38)22-18(2)16-21-23(24(22)43-19)25(44-29(41)36-14-12-34(9,27(39)47-36)32(36,5)6)26(31(3,4)46-21)45-30(42)37-15-13-35(10,28(40)48-37)33(37,7)8/h16-17,25-26H,11-15H2,1-10H3/t25-,26-,34?,35?,36-,37-/m1/s1. The molecule has 2 aromatic rings. The SMILES string of the molecule is CCc1cc(=O)c2c(C)cc3c(c2o1)[C@@H](OC(=O)[C@@]12CCC(C)(C(=O)O1)C2(C)C)[C@@H](OC(=O)[C@@]12CCC(C)(C(=O)O1)C2(C)C)C(C)(C)O3. The molecule has 2 unspecified atom stereocenters. The number of aryl methyl sites for hydroxylation is 2. The smallest absolute Gasteiger partial charge is 0.351 e. The summed E-state index contributed by atoms with van der Waals surface area (Å²) in [4.78, 5) is 68.6. The first-order valence-corrected chi connectivity index (χ1v) is 16.8. The van der Waals surface area contributed by atoms with Crippen LogP contribution in [0.3, 0.4) is 0 Å². The highest BCUT2D eigenvalue weighted by atomic mass is 16.7. The van der Waals surface area contributed by atoms with Crippen molar-refractivity contribution in [2.24, 2.45) is 21.7 Å². The maximum absolute atomic E-state index is 14.6. The Kier molecular flexibility index (Phi) is 6.40. The van der Waals surface area contributed by atoms with E-state index in [0.717, 1.165) is 0 Å². The molecule has 0 spiro atoms. The minimum absolute atomic E-state index is 0.152. The van der Waals surface area contributed by atoms with E-state index in [1.54, 1.807) is 40.7 Å². The minimum Gasteiger partial charge on any atom is -0.483 e. The average molecular weight is 665 g/mol. The number of esters is 4. The zero-order valence-corrected chi connectivity index (χ0v) is 29.3. The molecule has 4 fully saturated rings. The Hall–Kier alpha value is -3.89. The maximum Gasteiger partial charge on any atom is 0.351 e. The maximum atomic E-state index is 14.6. The highest BCUT2D eigenvalue weighted by Gasteiger charge is 2.78. The lowest BCUT2D eigenvalue weighted by Gasteiger charge is -2.46. The first-order valence-electron chi connectivity index (χ1n) is 16.8. The molecule has 2 aliphatic carbocycles. The summed E-state index contributed by atoms with van der Waals surface area (Å²) in [5.41, 5.74) is -7.39. The molecule has 1 aromatic carbocycles. The van der Waals surface area contributed by atoms with E-state index in [1.807, 2.05) is 34.6 Å². The number of fused-ring (bicyclic) bond motifs is 7. The van der Waals surface area contributed by atoms with Crippen LogP contribution in [-0.2, 0) is 44.5 Å². The normalized spacial score (nSPS) is 36.3. The van der Waals surface area contributed by atoms with Crippen molar-refractivity contribution < 1.29 is 47.3 Å². The molecule has 7 rings (SSSR count). The van der Waals surface area contributed by atoms with Gasteiger partial charge in [0.1, 0.15) is 22.7 Å². The van der Waals surface area contributed by atoms with Gasteiger partial charge in [0.05, 0.1) is 21.8 Å². The van der Waals surface area contributed by atoms with Gasteiger partial charge in [-0.1, -0.05) is 34.6 Å². The number of rotatable bonds is 5. The van der Waals surface area contributed by atoms with E-state index in [2.05, 4.69) is 0 Å². The van der Waals surface area contributed by atoms with Crippen LogP contribution in [0.25, 0.3) is 11.0 Å². The predicted octanol–water partition coefficient (Wildman–Crippen LogP) is 5.57. The van der Waals surface area contributed by atoms with Crippen LogP contribution < -0.4 is 10.2 Å². The van der Waals surface area contributed by atoms with Gasteiger partial charge in [0.2, 0.25) is 11.2 Å². The van der Waals surface area contributed by atoms with Crippen molar-refractivity contribution in [3.8, 4) is 5.75 Å². The minimum atomic E-state index is -1.60. The van der Waals surface area contributed by atoms with Gasteiger partial charge in [-0.25, -0.2) is 9.59 Å². The van der Waals surface area contributed by atoms with E-state index < -0.39 is 74.5 Å². The second kappa shape index (κ2) is 9.41. The van der Waals surface area contributed by atoms with Crippen LogP contribution in [0.1, 0.15) is 111 Å². The molecule has 48 heavy (non-hydrogen) atoms. The molecule has 11 nitrogen and oxygen atoms in total. The Bertz CT molecular complexity index is 1900. The van der Waals surface area contributed by atoms with E-state index in [0.29, 0.717) is 36.3 Å². The average Bonchev–Trinajstić information content (AvgIpc) is 3.46. The van der Waals surface area contributed by atoms with Gasteiger partial charge in [-0.15, -0.1) is 0 Å². The van der Waals surface area contributed by atoms with Crippen molar-refractivity contribution in [2.75, 3.05) is 0 Å². The van der Waals surface area contributed by atoms with Crippen LogP contribution in [0.5, 0.6) is 5.75 Å². The molecular formula is C37H44O11. The first-order chi connectivity index (χ1) is 22.1.